The normalized spacial score (nSPS) is 23.1. The maximum absolute atomic E-state index is 12.3. The molecule has 15 heavy (non-hydrogen) atoms. The van der Waals surface area contributed by atoms with Crippen LogP contribution in [0.2, 0.25) is 0 Å². The van der Waals surface area contributed by atoms with Crippen LogP contribution in [0.25, 0.3) is 0 Å². The van der Waals surface area contributed by atoms with Gasteiger partial charge >= 0.3 is 7.60 Å². The van der Waals surface area contributed by atoms with E-state index in [9.17, 15) is 9.36 Å². The molecule has 5 heteroatoms. The minimum Gasteiger partial charge on any atom is -0.308 e. The zero-order valence-corrected chi connectivity index (χ0v) is 10.3. The van der Waals surface area contributed by atoms with Gasteiger partial charge in [-0.1, -0.05) is 6.42 Å². The van der Waals surface area contributed by atoms with Gasteiger partial charge in [0.05, 0.1) is 13.2 Å². The van der Waals surface area contributed by atoms with Gasteiger partial charge in [0, 0.05) is 6.42 Å². The van der Waals surface area contributed by atoms with E-state index in [0.717, 1.165) is 12.8 Å². The van der Waals surface area contributed by atoms with Crippen molar-refractivity contribution in [3.8, 4) is 0 Å². The number of ketones is 1. The van der Waals surface area contributed by atoms with Gasteiger partial charge in [-0.2, -0.15) is 0 Å². The highest BCUT2D eigenvalue weighted by Gasteiger charge is 2.41. The molecule has 1 aliphatic rings. The van der Waals surface area contributed by atoms with Crippen LogP contribution in [-0.2, 0) is 18.4 Å². The molecular formula is C10H19O4P. The average Bonchev–Trinajstić information content (AvgIpc) is 2.19. The molecule has 0 saturated heterocycles. The Kier molecular flexibility index (Phi) is 4.97. The Hall–Kier alpha value is -0.180. The van der Waals surface area contributed by atoms with Gasteiger partial charge in [0.25, 0.3) is 0 Å². The summed E-state index contributed by atoms with van der Waals surface area (Å²) in [7, 11) is -3.20. The van der Waals surface area contributed by atoms with E-state index in [0.29, 0.717) is 26.1 Å². The van der Waals surface area contributed by atoms with Gasteiger partial charge in [-0.3, -0.25) is 9.36 Å². The fraction of sp³-hybridized carbons (Fsp3) is 0.900. The summed E-state index contributed by atoms with van der Waals surface area (Å²) in [5, 5.41) is 0. The van der Waals surface area contributed by atoms with Crippen molar-refractivity contribution < 1.29 is 18.4 Å². The summed E-state index contributed by atoms with van der Waals surface area (Å²) >= 11 is 0. The van der Waals surface area contributed by atoms with Gasteiger partial charge in [0.15, 0.2) is 0 Å². The van der Waals surface area contributed by atoms with E-state index < -0.39 is 13.3 Å². The molecule has 0 aromatic heterocycles. The van der Waals surface area contributed by atoms with Crippen LogP contribution in [0.5, 0.6) is 0 Å². The van der Waals surface area contributed by atoms with Gasteiger partial charge in [0.1, 0.15) is 11.4 Å². The minimum absolute atomic E-state index is 0.0338. The molecule has 0 radical (unpaired) electrons. The molecular weight excluding hydrogens is 215 g/mol. The molecule has 1 atom stereocenters. The largest absolute Gasteiger partial charge is 0.341 e. The summed E-state index contributed by atoms with van der Waals surface area (Å²) in [5.74, 6) is 0.0338. The average molecular weight is 234 g/mol. The molecule has 0 N–H and O–H groups in total. The number of rotatable bonds is 5. The van der Waals surface area contributed by atoms with Crippen molar-refractivity contribution in [3.63, 3.8) is 0 Å². The zero-order chi connectivity index (χ0) is 11.3. The third kappa shape index (κ3) is 3.13. The monoisotopic (exact) mass is 234 g/mol. The number of hydrogen-bond donors (Lipinski definition) is 0. The molecule has 0 aromatic carbocycles. The maximum atomic E-state index is 12.3. The second-order valence-electron chi connectivity index (χ2n) is 3.60. The van der Waals surface area contributed by atoms with Crippen LogP contribution >= 0.6 is 7.60 Å². The lowest BCUT2D eigenvalue weighted by molar-refractivity contribution is -0.120. The predicted octanol–water partition coefficient (Wildman–Crippen LogP) is 2.76. The Balaban J connectivity index is 2.77. The number of carbonyl (C=O) groups excluding carboxylic acids is 1. The maximum Gasteiger partial charge on any atom is 0.341 e. The Bertz CT molecular complexity index is 254. The molecule has 0 heterocycles. The van der Waals surface area contributed by atoms with Gasteiger partial charge in [-0.15, -0.1) is 0 Å². The molecule has 0 aliphatic heterocycles. The Morgan fingerprint density at radius 1 is 1.27 bits per heavy atom. The van der Waals surface area contributed by atoms with Gasteiger partial charge in [-0.25, -0.2) is 0 Å². The summed E-state index contributed by atoms with van der Waals surface area (Å²) in [5.41, 5.74) is -0.522. The van der Waals surface area contributed by atoms with Crippen molar-refractivity contribution in [2.75, 3.05) is 13.2 Å². The van der Waals surface area contributed by atoms with Crippen molar-refractivity contribution in [2.24, 2.45) is 0 Å². The molecule has 0 unspecified atom stereocenters. The summed E-state index contributed by atoms with van der Waals surface area (Å²) in [6, 6.07) is 0. The third-order valence-corrected chi connectivity index (χ3v) is 5.07. The standard InChI is InChI=1S/C10H19O4P/c1-3-13-15(12,14-4-2)10-8-6-5-7-9(10)11/h10H,3-8H2,1-2H3/t10-/m1/s1. The van der Waals surface area contributed by atoms with Gasteiger partial charge in [-0.05, 0) is 26.7 Å². The zero-order valence-electron chi connectivity index (χ0n) is 9.40. The van der Waals surface area contributed by atoms with Gasteiger partial charge < -0.3 is 9.05 Å². The minimum atomic E-state index is -3.20. The molecule has 1 rings (SSSR count). The highest BCUT2D eigenvalue weighted by atomic mass is 31.2. The van der Waals surface area contributed by atoms with E-state index in [1.54, 1.807) is 13.8 Å². The lowest BCUT2D eigenvalue weighted by Gasteiger charge is -2.27. The van der Waals surface area contributed by atoms with Crippen LogP contribution in [0.15, 0.2) is 0 Å². The summed E-state index contributed by atoms with van der Waals surface area (Å²) < 4.78 is 22.7. The van der Waals surface area contributed by atoms with E-state index in [2.05, 4.69) is 0 Å². The SMILES string of the molecule is CCOP(=O)(OCC)[C@@H]1CCCCC1=O. The predicted molar refractivity (Wildman–Crippen MR) is 58.1 cm³/mol. The number of hydrogen-bond acceptors (Lipinski definition) is 4. The van der Waals surface area contributed by atoms with E-state index in [1.807, 2.05) is 0 Å². The second-order valence-corrected chi connectivity index (χ2v) is 5.82. The molecule has 88 valence electrons. The first kappa shape index (κ1) is 12.9. The molecule has 0 bridgehead atoms. The smallest absolute Gasteiger partial charge is 0.308 e. The van der Waals surface area contributed by atoms with Crippen LogP contribution < -0.4 is 0 Å². The van der Waals surface area contributed by atoms with Crippen molar-refractivity contribution in [3.05, 3.63) is 0 Å². The van der Waals surface area contributed by atoms with Crippen LogP contribution in [0.1, 0.15) is 39.5 Å². The molecule has 1 saturated carbocycles. The topological polar surface area (TPSA) is 52.6 Å². The van der Waals surface area contributed by atoms with Gasteiger partial charge in [0.2, 0.25) is 0 Å². The molecule has 1 aliphatic carbocycles. The number of carbonyl (C=O) groups is 1. The Morgan fingerprint density at radius 2 is 1.87 bits per heavy atom. The van der Waals surface area contributed by atoms with E-state index in [-0.39, 0.29) is 5.78 Å². The van der Waals surface area contributed by atoms with E-state index in [1.165, 1.54) is 0 Å². The quantitative estimate of drug-likeness (QED) is 0.686. The lowest BCUT2D eigenvalue weighted by Crippen LogP contribution is -2.26. The van der Waals surface area contributed by atoms with E-state index in [4.69, 9.17) is 9.05 Å². The highest BCUT2D eigenvalue weighted by Crippen LogP contribution is 2.56. The van der Waals surface area contributed by atoms with Crippen molar-refractivity contribution in [2.45, 2.75) is 45.2 Å². The third-order valence-electron chi connectivity index (χ3n) is 2.52. The van der Waals surface area contributed by atoms with Crippen molar-refractivity contribution in [1.82, 2.24) is 0 Å². The van der Waals surface area contributed by atoms with E-state index >= 15 is 0 Å². The lowest BCUT2D eigenvalue weighted by atomic mass is 9.99. The highest BCUT2D eigenvalue weighted by molar-refractivity contribution is 7.55. The number of Topliss-reactive ketones (excluding diaryl/α,β-unsaturated/α-hetero) is 1. The van der Waals surface area contributed by atoms with Crippen LogP contribution in [0.4, 0.5) is 0 Å². The first-order valence-electron chi connectivity index (χ1n) is 5.55. The fourth-order valence-corrected chi connectivity index (χ4v) is 4.01. The van der Waals surface area contributed by atoms with Crippen LogP contribution in [0.3, 0.4) is 0 Å². The Morgan fingerprint density at radius 3 is 2.33 bits per heavy atom. The second kappa shape index (κ2) is 5.78. The molecule has 0 amide bonds. The van der Waals surface area contributed by atoms with Crippen LogP contribution in [-0.4, -0.2) is 24.7 Å². The molecule has 0 spiro atoms. The van der Waals surface area contributed by atoms with Crippen LogP contribution in [0, 0.1) is 0 Å². The summed E-state index contributed by atoms with van der Waals surface area (Å²) in [6.07, 6.45) is 2.97. The van der Waals surface area contributed by atoms with Crippen molar-refractivity contribution in [1.29, 1.82) is 0 Å². The Labute approximate surface area is 90.9 Å². The molecule has 1 fully saturated rings. The molecule has 4 nitrogen and oxygen atoms in total. The molecule has 0 aromatic rings. The summed E-state index contributed by atoms with van der Waals surface area (Å²) in [6.45, 7) is 4.17. The van der Waals surface area contributed by atoms with Crippen molar-refractivity contribution >= 4 is 13.4 Å². The summed E-state index contributed by atoms with van der Waals surface area (Å²) in [4.78, 5) is 11.7. The first-order chi connectivity index (χ1) is 7.14. The first-order valence-corrected chi connectivity index (χ1v) is 7.16. The fourth-order valence-electron chi connectivity index (χ4n) is 1.88.